The molecule has 0 radical (unpaired) electrons. The first-order chi connectivity index (χ1) is 8.98. The number of ether oxygens (including phenoxy) is 1. The number of carbonyl (C=O) groups excluding carboxylic acids is 1. The number of likely N-dealkylation sites (tertiary alicyclic amines) is 1. The van der Waals surface area contributed by atoms with E-state index in [1.54, 1.807) is 4.90 Å². The SMILES string of the molecule is CCC1(CC)CCN(C(=O)NCC(OC)C(=O)O)C1. The van der Waals surface area contributed by atoms with Crippen molar-refractivity contribution in [2.24, 2.45) is 5.41 Å². The van der Waals surface area contributed by atoms with Crippen LogP contribution in [0.4, 0.5) is 4.79 Å². The molecule has 0 spiro atoms. The van der Waals surface area contributed by atoms with Gasteiger partial charge in [-0.1, -0.05) is 13.8 Å². The maximum atomic E-state index is 12.0. The summed E-state index contributed by atoms with van der Waals surface area (Å²) in [5, 5.41) is 11.4. The number of hydrogen-bond donors (Lipinski definition) is 2. The lowest BCUT2D eigenvalue weighted by atomic mass is 9.82. The van der Waals surface area contributed by atoms with Gasteiger partial charge in [0, 0.05) is 20.2 Å². The second kappa shape index (κ2) is 6.75. The Hall–Kier alpha value is -1.30. The molecule has 19 heavy (non-hydrogen) atoms. The van der Waals surface area contributed by atoms with Crippen LogP contribution >= 0.6 is 0 Å². The normalized spacial score (nSPS) is 19.2. The van der Waals surface area contributed by atoms with Crippen LogP contribution in [0.2, 0.25) is 0 Å². The first-order valence-electron chi connectivity index (χ1n) is 6.76. The van der Waals surface area contributed by atoms with E-state index in [0.29, 0.717) is 0 Å². The predicted octanol–water partition coefficient (Wildman–Crippen LogP) is 1.31. The van der Waals surface area contributed by atoms with E-state index >= 15 is 0 Å². The molecule has 0 aliphatic carbocycles. The summed E-state index contributed by atoms with van der Waals surface area (Å²) in [6, 6.07) is -0.202. The fraction of sp³-hybridized carbons (Fsp3) is 0.846. The van der Waals surface area contributed by atoms with Crippen molar-refractivity contribution in [1.29, 1.82) is 0 Å². The van der Waals surface area contributed by atoms with E-state index in [1.807, 2.05) is 0 Å². The van der Waals surface area contributed by atoms with E-state index in [1.165, 1.54) is 7.11 Å². The molecule has 1 rings (SSSR count). The van der Waals surface area contributed by atoms with Crippen LogP contribution in [-0.4, -0.2) is 54.9 Å². The zero-order valence-electron chi connectivity index (χ0n) is 11.9. The van der Waals surface area contributed by atoms with Gasteiger partial charge in [-0.05, 0) is 24.7 Å². The van der Waals surface area contributed by atoms with Crippen molar-refractivity contribution in [3.8, 4) is 0 Å². The molecule has 6 heteroatoms. The number of methoxy groups -OCH3 is 1. The summed E-state index contributed by atoms with van der Waals surface area (Å²) >= 11 is 0. The van der Waals surface area contributed by atoms with Gasteiger partial charge in [0.2, 0.25) is 0 Å². The van der Waals surface area contributed by atoms with Gasteiger partial charge in [0.25, 0.3) is 0 Å². The van der Waals surface area contributed by atoms with Crippen LogP contribution in [0.3, 0.4) is 0 Å². The van der Waals surface area contributed by atoms with E-state index in [0.717, 1.165) is 32.4 Å². The number of carboxylic acids is 1. The average molecular weight is 272 g/mol. The lowest BCUT2D eigenvalue weighted by Crippen LogP contribution is -2.44. The summed E-state index contributed by atoms with van der Waals surface area (Å²) in [4.78, 5) is 24.5. The first kappa shape index (κ1) is 15.8. The van der Waals surface area contributed by atoms with E-state index in [4.69, 9.17) is 9.84 Å². The van der Waals surface area contributed by atoms with Crippen molar-refractivity contribution in [3.05, 3.63) is 0 Å². The minimum atomic E-state index is -1.07. The first-order valence-corrected chi connectivity index (χ1v) is 6.76. The zero-order chi connectivity index (χ0) is 14.5. The van der Waals surface area contributed by atoms with Crippen LogP contribution in [0.5, 0.6) is 0 Å². The number of carboxylic acid groups (broad SMARTS) is 1. The Morgan fingerprint density at radius 2 is 2.05 bits per heavy atom. The van der Waals surface area contributed by atoms with E-state index in [-0.39, 0.29) is 18.0 Å². The van der Waals surface area contributed by atoms with E-state index < -0.39 is 12.1 Å². The molecule has 0 bridgehead atoms. The topological polar surface area (TPSA) is 78.9 Å². The largest absolute Gasteiger partial charge is 0.479 e. The number of nitrogens with one attached hydrogen (secondary N) is 1. The summed E-state index contributed by atoms with van der Waals surface area (Å²) in [6.45, 7) is 5.77. The highest BCUT2D eigenvalue weighted by Crippen LogP contribution is 2.36. The Kier molecular flexibility index (Phi) is 5.60. The van der Waals surface area contributed by atoms with Crippen molar-refractivity contribution >= 4 is 12.0 Å². The molecular weight excluding hydrogens is 248 g/mol. The van der Waals surface area contributed by atoms with Crippen LogP contribution in [0.1, 0.15) is 33.1 Å². The number of rotatable bonds is 6. The molecule has 1 aliphatic rings. The lowest BCUT2D eigenvalue weighted by molar-refractivity contribution is -0.148. The van der Waals surface area contributed by atoms with Crippen molar-refractivity contribution in [1.82, 2.24) is 10.2 Å². The molecule has 0 aromatic heterocycles. The van der Waals surface area contributed by atoms with Gasteiger partial charge in [-0.15, -0.1) is 0 Å². The zero-order valence-corrected chi connectivity index (χ0v) is 11.9. The Morgan fingerprint density at radius 3 is 2.47 bits per heavy atom. The third-order valence-electron chi connectivity index (χ3n) is 4.22. The van der Waals surface area contributed by atoms with E-state index in [2.05, 4.69) is 19.2 Å². The Bertz CT molecular complexity index is 329. The van der Waals surface area contributed by atoms with Crippen LogP contribution in [0.15, 0.2) is 0 Å². The molecule has 2 amide bonds. The van der Waals surface area contributed by atoms with Crippen molar-refractivity contribution < 1.29 is 19.4 Å². The molecule has 0 saturated carbocycles. The molecular formula is C13H24N2O4. The Balaban J connectivity index is 2.45. The van der Waals surface area contributed by atoms with Crippen LogP contribution < -0.4 is 5.32 Å². The molecule has 2 N–H and O–H groups in total. The Morgan fingerprint density at radius 1 is 1.42 bits per heavy atom. The third kappa shape index (κ3) is 3.83. The monoisotopic (exact) mass is 272 g/mol. The maximum absolute atomic E-state index is 12.0. The molecule has 110 valence electrons. The second-order valence-electron chi connectivity index (χ2n) is 5.13. The van der Waals surface area contributed by atoms with Crippen molar-refractivity contribution in [3.63, 3.8) is 0 Å². The molecule has 1 atom stereocenters. The molecule has 0 aromatic carbocycles. The lowest BCUT2D eigenvalue weighted by Gasteiger charge is -2.26. The highest BCUT2D eigenvalue weighted by atomic mass is 16.5. The molecule has 6 nitrogen and oxygen atoms in total. The second-order valence-corrected chi connectivity index (χ2v) is 5.13. The quantitative estimate of drug-likeness (QED) is 0.764. The molecule has 1 fully saturated rings. The van der Waals surface area contributed by atoms with Gasteiger partial charge in [0.15, 0.2) is 6.10 Å². The number of nitrogens with zero attached hydrogens (tertiary/aromatic N) is 1. The standard InChI is InChI=1S/C13H24N2O4/c1-4-13(5-2)6-7-15(9-13)12(18)14-8-10(19-3)11(16)17/h10H,4-9H2,1-3H3,(H,14,18)(H,16,17). The number of hydrogen-bond acceptors (Lipinski definition) is 3. The summed E-state index contributed by atoms with van der Waals surface area (Å²) in [6.07, 6.45) is 2.14. The number of urea groups is 1. The molecule has 0 aromatic rings. The fourth-order valence-electron chi connectivity index (χ4n) is 2.50. The van der Waals surface area contributed by atoms with Crippen LogP contribution in [-0.2, 0) is 9.53 Å². The molecule has 1 unspecified atom stereocenters. The van der Waals surface area contributed by atoms with Gasteiger partial charge in [-0.2, -0.15) is 0 Å². The minimum Gasteiger partial charge on any atom is -0.479 e. The van der Waals surface area contributed by atoms with Gasteiger partial charge >= 0.3 is 12.0 Å². The van der Waals surface area contributed by atoms with Gasteiger partial charge in [-0.3, -0.25) is 0 Å². The van der Waals surface area contributed by atoms with Crippen LogP contribution in [0.25, 0.3) is 0 Å². The summed E-state index contributed by atoms with van der Waals surface area (Å²) in [5.41, 5.74) is 0.227. The number of carbonyl (C=O) groups is 2. The van der Waals surface area contributed by atoms with Gasteiger partial charge in [0.1, 0.15) is 0 Å². The molecule has 1 heterocycles. The number of amides is 2. The average Bonchev–Trinajstić information content (AvgIpc) is 2.84. The van der Waals surface area contributed by atoms with Crippen LogP contribution in [0, 0.1) is 5.41 Å². The third-order valence-corrected chi connectivity index (χ3v) is 4.22. The van der Waals surface area contributed by atoms with Crippen molar-refractivity contribution in [2.75, 3.05) is 26.7 Å². The van der Waals surface area contributed by atoms with Crippen molar-refractivity contribution in [2.45, 2.75) is 39.2 Å². The Labute approximate surface area is 114 Å². The van der Waals surface area contributed by atoms with Gasteiger partial charge in [0.05, 0.1) is 6.54 Å². The highest BCUT2D eigenvalue weighted by Gasteiger charge is 2.37. The summed E-state index contributed by atoms with van der Waals surface area (Å²) in [7, 11) is 1.32. The molecule has 1 aliphatic heterocycles. The summed E-state index contributed by atoms with van der Waals surface area (Å²) in [5.74, 6) is -1.07. The fourth-order valence-corrected chi connectivity index (χ4v) is 2.50. The maximum Gasteiger partial charge on any atom is 0.334 e. The summed E-state index contributed by atoms with van der Waals surface area (Å²) < 4.78 is 4.78. The smallest absolute Gasteiger partial charge is 0.334 e. The van der Waals surface area contributed by atoms with Gasteiger partial charge < -0.3 is 20.1 Å². The van der Waals surface area contributed by atoms with E-state index in [9.17, 15) is 9.59 Å². The minimum absolute atomic E-state index is 0.00752. The highest BCUT2D eigenvalue weighted by molar-refractivity contribution is 5.77. The molecule has 1 saturated heterocycles. The van der Waals surface area contributed by atoms with Gasteiger partial charge in [-0.25, -0.2) is 9.59 Å². The number of aliphatic carboxylic acids is 1. The predicted molar refractivity (Wildman–Crippen MR) is 71.0 cm³/mol.